The highest BCUT2D eigenvalue weighted by Crippen LogP contribution is 2.42. The van der Waals surface area contributed by atoms with E-state index in [1.54, 1.807) is 5.57 Å². The summed E-state index contributed by atoms with van der Waals surface area (Å²) in [6.45, 7) is 17.6. The summed E-state index contributed by atoms with van der Waals surface area (Å²) in [7, 11) is 0. The fourth-order valence-corrected chi connectivity index (χ4v) is 7.29. The fraction of sp³-hybridized carbons (Fsp3) is 0.255. The lowest BCUT2D eigenvalue weighted by atomic mass is 9.75. The topological polar surface area (TPSA) is 0 Å². The van der Waals surface area contributed by atoms with Crippen molar-refractivity contribution in [1.82, 2.24) is 0 Å². The maximum absolute atomic E-state index is 4.53. The van der Waals surface area contributed by atoms with Gasteiger partial charge in [0.05, 0.1) is 0 Å². The van der Waals surface area contributed by atoms with E-state index in [4.69, 9.17) is 0 Å². The molecule has 0 radical (unpaired) electrons. The maximum atomic E-state index is 4.53. The standard InChI is InChI=1S/C51H54/c1-7-12-44(47-16-11-18-50(46-14-10-15-46)51(35-47)49-17-9-8-13-38(49)4)32-25-41-23-30-43(31-24-41)40(6)34-48(45-28-21-37(3)22-29-45)33-39(5)42-26-19-36(2)20-27-42/h7-9,11-13,16-17,19,21,23-37,46H,1,6,10,14-15,18,20,22H2,2-5H3/b32-25-,39-33+,44-12+,48-34+. The third kappa shape index (κ3) is 9.05. The molecular weight excluding hydrogens is 613 g/mol. The molecule has 0 nitrogen and oxygen atoms in total. The molecule has 1 saturated carbocycles. The largest absolute Gasteiger partial charge is 0.0990 e. The van der Waals surface area contributed by atoms with E-state index in [9.17, 15) is 0 Å². The van der Waals surface area contributed by atoms with Crippen LogP contribution in [0.5, 0.6) is 0 Å². The molecule has 1 fully saturated rings. The SMILES string of the molecule is C=C/C=C(\C=C/c1ccc(C(=C)/C=C(\C=C(/C)C2=CCC(C)C=C2)C2=CCC(C)C=C2)cc1)C1=CC(c2ccccc2C)=C(C2CCC2)CC=C1. The quantitative estimate of drug-likeness (QED) is 0.209. The number of hydrogen-bond donors (Lipinski definition) is 0. The van der Waals surface area contributed by atoms with Crippen molar-refractivity contribution in [2.75, 3.05) is 0 Å². The first-order chi connectivity index (χ1) is 24.8. The Morgan fingerprint density at radius 1 is 0.804 bits per heavy atom. The average Bonchev–Trinajstić information content (AvgIpc) is 3.33. The Labute approximate surface area is 308 Å². The number of hydrogen-bond acceptors (Lipinski definition) is 0. The number of aryl methyl sites for hydroxylation is 1. The molecule has 6 rings (SSSR count). The van der Waals surface area contributed by atoms with E-state index in [-0.39, 0.29) is 0 Å². The molecule has 0 aliphatic heterocycles. The Morgan fingerprint density at radius 2 is 1.51 bits per heavy atom. The summed E-state index contributed by atoms with van der Waals surface area (Å²) in [5.41, 5.74) is 16.4. The second-order valence-electron chi connectivity index (χ2n) is 14.8. The van der Waals surface area contributed by atoms with Gasteiger partial charge in [-0.3, -0.25) is 0 Å². The second-order valence-corrected chi connectivity index (χ2v) is 14.8. The Kier molecular flexibility index (Phi) is 11.8. The van der Waals surface area contributed by atoms with Crippen LogP contribution >= 0.6 is 0 Å². The molecule has 2 aromatic carbocycles. The lowest BCUT2D eigenvalue weighted by Gasteiger charge is -2.30. The van der Waals surface area contributed by atoms with E-state index in [1.165, 1.54) is 63.8 Å². The van der Waals surface area contributed by atoms with Crippen LogP contribution in [0, 0.1) is 24.7 Å². The van der Waals surface area contributed by atoms with Gasteiger partial charge in [-0.2, -0.15) is 0 Å². The first-order valence-corrected chi connectivity index (χ1v) is 18.9. The van der Waals surface area contributed by atoms with Crippen molar-refractivity contribution < 1.29 is 0 Å². The van der Waals surface area contributed by atoms with E-state index in [2.05, 4.69) is 174 Å². The number of rotatable bonds is 11. The van der Waals surface area contributed by atoms with E-state index in [0.29, 0.717) is 17.8 Å². The molecule has 0 saturated heterocycles. The molecule has 0 N–H and O–H groups in total. The predicted octanol–water partition coefficient (Wildman–Crippen LogP) is 14.2. The molecule has 258 valence electrons. The molecule has 0 bridgehead atoms. The third-order valence-electron chi connectivity index (χ3n) is 10.8. The van der Waals surface area contributed by atoms with Gasteiger partial charge in [0.15, 0.2) is 0 Å². The molecule has 2 unspecified atom stereocenters. The number of allylic oxidation sites excluding steroid dienone is 23. The summed E-state index contributed by atoms with van der Waals surface area (Å²) in [5, 5.41) is 0. The third-order valence-corrected chi connectivity index (χ3v) is 10.8. The van der Waals surface area contributed by atoms with Crippen LogP contribution in [0.15, 0.2) is 186 Å². The molecule has 2 atom stereocenters. The summed E-state index contributed by atoms with van der Waals surface area (Å²) < 4.78 is 0. The molecule has 4 aliphatic rings. The van der Waals surface area contributed by atoms with Gasteiger partial charge in [0.1, 0.15) is 0 Å². The van der Waals surface area contributed by atoms with Gasteiger partial charge in [0.2, 0.25) is 0 Å². The van der Waals surface area contributed by atoms with Crippen LogP contribution in [-0.2, 0) is 0 Å². The molecule has 4 aliphatic carbocycles. The maximum Gasteiger partial charge on any atom is -0.0123 e. The van der Waals surface area contributed by atoms with Crippen molar-refractivity contribution in [3.63, 3.8) is 0 Å². The lowest BCUT2D eigenvalue weighted by molar-refractivity contribution is 0.365. The minimum Gasteiger partial charge on any atom is -0.0990 e. The first kappa shape index (κ1) is 35.9. The highest BCUT2D eigenvalue weighted by Gasteiger charge is 2.25. The second kappa shape index (κ2) is 16.8. The van der Waals surface area contributed by atoms with Gasteiger partial charge in [0, 0.05) is 0 Å². The van der Waals surface area contributed by atoms with Crippen molar-refractivity contribution in [3.8, 4) is 0 Å². The van der Waals surface area contributed by atoms with Crippen LogP contribution < -0.4 is 0 Å². The van der Waals surface area contributed by atoms with Crippen molar-refractivity contribution in [2.45, 2.75) is 66.2 Å². The van der Waals surface area contributed by atoms with Crippen molar-refractivity contribution >= 4 is 17.2 Å². The van der Waals surface area contributed by atoms with E-state index < -0.39 is 0 Å². The van der Waals surface area contributed by atoms with E-state index in [1.807, 2.05) is 6.08 Å². The Balaban J connectivity index is 1.25. The molecular formula is C51H54. The minimum absolute atomic E-state index is 0.572. The van der Waals surface area contributed by atoms with Gasteiger partial charge in [-0.1, -0.05) is 167 Å². The van der Waals surface area contributed by atoms with Crippen molar-refractivity contribution in [1.29, 1.82) is 0 Å². The Bertz CT molecular complexity index is 1990. The fourth-order valence-electron chi connectivity index (χ4n) is 7.29. The van der Waals surface area contributed by atoms with Gasteiger partial charge < -0.3 is 0 Å². The minimum atomic E-state index is 0.572. The zero-order chi connectivity index (χ0) is 35.7. The average molecular weight is 667 g/mol. The summed E-state index contributed by atoms with van der Waals surface area (Å²) >= 11 is 0. The molecule has 0 amide bonds. The summed E-state index contributed by atoms with van der Waals surface area (Å²) in [6, 6.07) is 17.6. The van der Waals surface area contributed by atoms with Crippen LogP contribution in [0.2, 0.25) is 0 Å². The number of benzene rings is 2. The molecule has 0 heterocycles. The lowest BCUT2D eigenvalue weighted by Crippen LogP contribution is -2.15. The van der Waals surface area contributed by atoms with Crippen LogP contribution in [0.4, 0.5) is 0 Å². The van der Waals surface area contributed by atoms with Crippen LogP contribution in [-0.4, -0.2) is 0 Å². The van der Waals surface area contributed by atoms with Crippen LogP contribution in [0.25, 0.3) is 17.2 Å². The smallest absolute Gasteiger partial charge is 0.0123 e. The summed E-state index contributed by atoms with van der Waals surface area (Å²) in [5.74, 6) is 1.87. The molecule has 2 aromatic rings. The van der Waals surface area contributed by atoms with Crippen LogP contribution in [0.3, 0.4) is 0 Å². The van der Waals surface area contributed by atoms with E-state index >= 15 is 0 Å². The first-order valence-electron chi connectivity index (χ1n) is 18.9. The van der Waals surface area contributed by atoms with Gasteiger partial charge in [-0.15, -0.1) is 0 Å². The van der Waals surface area contributed by atoms with Gasteiger partial charge in [-0.05, 0) is 143 Å². The monoisotopic (exact) mass is 666 g/mol. The predicted molar refractivity (Wildman–Crippen MR) is 224 cm³/mol. The zero-order valence-electron chi connectivity index (χ0n) is 31.2. The molecule has 0 spiro atoms. The Morgan fingerprint density at radius 3 is 2.14 bits per heavy atom. The molecule has 51 heavy (non-hydrogen) atoms. The van der Waals surface area contributed by atoms with E-state index in [0.717, 1.165) is 41.5 Å². The van der Waals surface area contributed by atoms with Crippen molar-refractivity contribution in [3.05, 3.63) is 208 Å². The van der Waals surface area contributed by atoms with Gasteiger partial charge in [-0.25, -0.2) is 0 Å². The summed E-state index contributed by atoms with van der Waals surface area (Å²) in [4.78, 5) is 0. The highest BCUT2D eigenvalue weighted by molar-refractivity contribution is 5.83. The molecule has 0 aromatic heterocycles. The molecule has 0 heteroatoms. The zero-order valence-corrected chi connectivity index (χ0v) is 31.2. The van der Waals surface area contributed by atoms with Gasteiger partial charge >= 0.3 is 0 Å². The Hall–Kier alpha value is -4.94. The van der Waals surface area contributed by atoms with Crippen molar-refractivity contribution in [2.24, 2.45) is 17.8 Å². The normalized spacial score (nSPS) is 21.6. The van der Waals surface area contributed by atoms with Gasteiger partial charge in [0.25, 0.3) is 0 Å². The highest BCUT2D eigenvalue weighted by atomic mass is 14.3. The van der Waals surface area contributed by atoms with Crippen LogP contribution in [0.1, 0.15) is 81.5 Å². The summed E-state index contributed by atoms with van der Waals surface area (Å²) in [6.07, 6.45) is 41.2.